The average molecular weight is 334 g/mol. The standard InChI is InChI=1S/C14H11FN4O3S/c1-7-9-6-12(23-14(9)18(2)17-7)13(20)16-8-3-4-10(15)11(5-8)19(21)22/h3-6H,1-2H3,(H,16,20). The lowest BCUT2D eigenvalue weighted by Gasteiger charge is -2.03. The molecule has 1 amide bonds. The Labute approximate surface area is 133 Å². The summed E-state index contributed by atoms with van der Waals surface area (Å²) in [6.07, 6.45) is 0. The van der Waals surface area contributed by atoms with Crippen molar-refractivity contribution in [1.29, 1.82) is 0 Å². The van der Waals surface area contributed by atoms with Crippen molar-refractivity contribution in [2.45, 2.75) is 6.92 Å². The third kappa shape index (κ3) is 2.66. The average Bonchev–Trinajstić information content (AvgIpc) is 3.03. The van der Waals surface area contributed by atoms with Crippen LogP contribution in [0, 0.1) is 22.9 Å². The minimum atomic E-state index is -0.948. The highest BCUT2D eigenvalue weighted by Gasteiger charge is 2.18. The molecule has 0 saturated carbocycles. The molecule has 0 unspecified atom stereocenters. The van der Waals surface area contributed by atoms with Crippen molar-refractivity contribution < 1.29 is 14.1 Å². The van der Waals surface area contributed by atoms with Crippen molar-refractivity contribution in [3.63, 3.8) is 0 Å². The fraction of sp³-hybridized carbons (Fsp3) is 0.143. The number of nitrogens with one attached hydrogen (secondary N) is 1. The Kier molecular flexibility index (Phi) is 3.57. The van der Waals surface area contributed by atoms with Crippen LogP contribution in [0.3, 0.4) is 0 Å². The van der Waals surface area contributed by atoms with Gasteiger partial charge in [0.2, 0.25) is 5.82 Å². The molecule has 1 aromatic carbocycles. The van der Waals surface area contributed by atoms with Gasteiger partial charge in [-0.3, -0.25) is 19.6 Å². The van der Waals surface area contributed by atoms with Crippen LogP contribution in [0.25, 0.3) is 10.2 Å². The smallest absolute Gasteiger partial charge is 0.306 e. The summed E-state index contributed by atoms with van der Waals surface area (Å²) < 4.78 is 15.0. The number of hydrogen-bond acceptors (Lipinski definition) is 5. The van der Waals surface area contributed by atoms with E-state index in [2.05, 4.69) is 10.4 Å². The normalized spacial score (nSPS) is 10.9. The summed E-state index contributed by atoms with van der Waals surface area (Å²) in [5, 5.41) is 18.4. The minimum Gasteiger partial charge on any atom is -0.321 e. The Bertz CT molecular complexity index is 913. The van der Waals surface area contributed by atoms with Gasteiger partial charge in [-0.25, -0.2) is 0 Å². The number of nitro benzene ring substituents is 1. The van der Waals surface area contributed by atoms with E-state index in [1.807, 2.05) is 6.92 Å². The van der Waals surface area contributed by atoms with E-state index < -0.39 is 22.3 Å². The van der Waals surface area contributed by atoms with E-state index in [1.54, 1.807) is 17.8 Å². The predicted molar refractivity (Wildman–Crippen MR) is 84.3 cm³/mol. The molecule has 3 rings (SSSR count). The second kappa shape index (κ2) is 5.43. The number of carbonyl (C=O) groups excluding carboxylic acids is 1. The first-order valence-electron chi connectivity index (χ1n) is 6.55. The summed E-state index contributed by atoms with van der Waals surface area (Å²) in [7, 11) is 1.79. The van der Waals surface area contributed by atoms with E-state index in [9.17, 15) is 19.3 Å². The number of fused-ring (bicyclic) bond motifs is 1. The van der Waals surface area contributed by atoms with E-state index in [0.717, 1.165) is 28.0 Å². The minimum absolute atomic E-state index is 0.162. The Morgan fingerprint density at radius 3 is 2.83 bits per heavy atom. The van der Waals surface area contributed by atoms with Gasteiger partial charge in [0.05, 0.1) is 15.5 Å². The molecule has 2 aromatic heterocycles. The first-order valence-corrected chi connectivity index (χ1v) is 7.37. The zero-order valence-electron chi connectivity index (χ0n) is 12.2. The number of anilines is 1. The van der Waals surface area contributed by atoms with Crippen LogP contribution >= 0.6 is 11.3 Å². The molecule has 23 heavy (non-hydrogen) atoms. The lowest BCUT2D eigenvalue weighted by molar-refractivity contribution is -0.387. The van der Waals surface area contributed by atoms with E-state index in [-0.39, 0.29) is 5.69 Å². The maximum absolute atomic E-state index is 13.3. The summed E-state index contributed by atoms with van der Waals surface area (Å²) in [5.41, 5.74) is 0.296. The molecule has 0 saturated heterocycles. The first kappa shape index (κ1) is 15.1. The summed E-state index contributed by atoms with van der Waals surface area (Å²) in [6, 6.07) is 4.94. The largest absolute Gasteiger partial charge is 0.321 e. The maximum Gasteiger partial charge on any atom is 0.306 e. The molecular formula is C14H11FN4O3S. The first-order chi connectivity index (χ1) is 10.9. The van der Waals surface area contributed by atoms with Crippen molar-refractivity contribution in [2.24, 2.45) is 7.05 Å². The van der Waals surface area contributed by atoms with Gasteiger partial charge in [0.25, 0.3) is 5.91 Å². The van der Waals surface area contributed by atoms with Gasteiger partial charge in [-0.15, -0.1) is 11.3 Å². The topological polar surface area (TPSA) is 90.1 Å². The van der Waals surface area contributed by atoms with Crippen LogP contribution in [0.2, 0.25) is 0 Å². The number of thiophene rings is 1. The van der Waals surface area contributed by atoms with Gasteiger partial charge in [0.15, 0.2) is 0 Å². The molecule has 0 spiro atoms. The molecule has 0 atom stereocenters. The fourth-order valence-electron chi connectivity index (χ4n) is 2.24. The number of nitrogens with zero attached hydrogens (tertiary/aromatic N) is 3. The van der Waals surface area contributed by atoms with Crippen molar-refractivity contribution in [3.05, 3.63) is 50.8 Å². The second-order valence-corrected chi connectivity index (χ2v) is 5.95. The maximum atomic E-state index is 13.3. The number of carbonyl (C=O) groups is 1. The summed E-state index contributed by atoms with van der Waals surface area (Å²) in [5.74, 6) is -1.36. The van der Waals surface area contributed by atoms with E-state index in [4.69, 9.17) is 0 Å². The quantitative estimate of drug-likeness (QED) is 0.588. The molecular weight excluding hydrogens is 323 g/mol. The van der Waals surface area contributed by atoms with Gasteiger partial charge in [-0.05, 0) is 25.1 Å². The summed E-state index contributed by atoms with van der Waals surface area (Å²) in [4.78, 5) is 23.5. The van der Waals surface area contributed by atoms with Gasteiger partial charge in [0.1, 0.15) is 4.83 Å². The van der Waals surface area contributed by atoms with E-state index >= 15 is 0 Å². The third-order valence-corrected chi connectivity index (χ3v) is 4.52. The highest BCUT2D eigenvalue weighted by molar-refractivity contribution is 7.20. The molecule has 118 valence electrons. The summed E-state index contributed by atoms with van der Waals surface area (Å²) in [6.45, 7) is 1.85. The molecule has 7 nitrogen and oxygen atoms in total. The molecule has 3 aromatic rings. The van der Waals surface area contributed by atoms with Gasteiger partial charge in [0, 0.05) is 24.2 Å². The molecule has 0 bridgehead atoms. The van der Waals surface area contributed by atoms with Crippen LogP contribution in [0.1, 0.15) is 15.4 Å². The molecule has 0 aliphatic heterocycles. The number of nitro groups is 1. The number of rotatable bonds is 3. The number of hydrogen-bond donors (Lipinski definition) is 1. The van der Waals surface area contributed by atoms with Crippen molar-refractivity contribution >= 4 is 38.8 Å². The van der Waals surface area contributed by atoms with Gasteiger partial charge >= 0.3 is 5.69 Å². The monoisotopic (exact) mass is 334 g/mol. The van der Waals surface area contributed by atoms with Crippen LogP contribution in [-0.4, -0.2) is 20.6 Å². The lowest BCUT2D eigenvalue weighted by atomic mass is 10.2. The van der Waals surface area contributed by atoms with Crippen LogP contribution in [0.15, 0.2) is 24.3 Å². The Balaban J connectivity index is 1.90. The highest BCUT2D eigenvalue weighted by Crippen LogP contribution is 2.29. The van der Waals surface area contributed by atoms with Gasteiger partial charge in [-0.2, -0.15) is 9.49 Å². The van der Waals surface area contributed by atoms with Gasteiger partial charge < -0.3 is 5.32 Å². The van der Waals surface area contributed by atoms with E-state index in [1.165, 1.54) is 17.4 Å². The second-order valence-electron chi connectivity index (χ2n) is 4.92. The molecule has 9 heteroatoms. The van der Waals surface area contributed by atoms with Crippen LogP contribution in [0.5, 0.6) is 0 Å². The zero-order chi connectivity index (χ0) is 16.7. The van der Waals surface area contributed by atoms with Crippen molar-refractivity contribution in [2.75, 3.05) is 5.32 Å². The van der Waals surface area contributed by atoms with Crippen LogP contribution in [-0.2, 0) is 7.05 Å². The zero-order valence-corrected chi connectivity index (χ0v) is 13.0. The molecule has 0 fully saturated rings. The number of halogens is 1. The number of benzene rings is 1. The Morgan fingerprint density at radius 2 is 2.17 bits per heavy atom. The Morgan fingerprint density at radius 1 is 1.43 bits per heavy atom. The summed E-state index contributed by atoms with van der Waals surface area (Å²) >= 11 is 1.27. The van der Waals surface area contributed by atoms with Crippen molar-refractivity contribution in [1.82, 2.24) is 9.78 Å². The number of amides is 1. The predicted octanol–water partition coefficient (Wildman–Crippen LogP) is 3.24. The van der Waals surface area contributed by atoms with Gasteiger partial charge in [-0.1, -0.05) is 0 Å². The molecule has 0 radical (unpaired) electrons. The lowest BCUT2D eigenvalue weighted by Crippen LogP contribution is -2.10. The van der Waals surface area contributed by atoms with Crippen LogP contribution in [0.4, 0.5) is 15.8 Å². The van der Waals surface area contributed by atoms with E-state index in [0.29, 0.717) is 4.88 Å². The molecule has 1 N–H and O–H groups in total. The highest BCUT2D eigenvalue weighted by atomic mass is 32.1. The third-order valence-electron chi connectivity index (χ3n) is 3.32. The SMILES string of the molecule is Cc1nn(C)c2sc(C(=O)Nc3ccc(F)c([N+](=O)[O-])c3)cc12. The van der Waals surface area contributed by atoms with Crippen molar-refractivity contribution in [3.8, 4) is 0 Å². The Hall–Kier alpha value is -2.81. The molecule has 0 aliphatic carbocycles. The number of aryl methyl sites for hydroxylation is 2. The number of aromatic nitrogens is 2. The fourth-order valence-corrected chi connectivity index (χ4v) is 3.26. The van der Waals surface area contributed by atoms with Crippen LogP contribution < -0.4 is 5.32 Å². The molecule has 0 aliphatic rings. The molecule has 2 heterocycles.